The van der Waals surface area contributed by atoms with Gasteiger partial charge < -0.3 is 23.8 Å². The summed E-state index contributed by atoms with van der Waals surface area (Å²) in [6, 6.07) is 16.3. The number of pyridine rings is 1. The number of carbonyl (C=O) groups excluding carboxylic acids is 3. The number of likely N-dealkylation sites (tertiary alicyclic amines) is 1. The summed E-state index contributed by atoms with van der Waals surface area (Å²) < 4.78 is 12.9. The molecule has 4 aliphatic rings. The molecule has 4 aliphatic heterocycles. The minimum atomic E-state index is -0.579. The lowest BCUT2D eigenvalue weighted by Crippen LogP contribution is -2.49. The molecule has 3 amide bonds. The number of rotatable bonds is 8. The number of para-hydroxylation sites is 1. The molecule has 10 heteroatoms. The minimum absolute atomic E-state index is 0.0418. The molecule has 7 rings (SSSR count). The first kappa shape index (κ1) is 28.2. The highest BCUT2D eigenvalue weighted by Gasteiger charge is 2.49. The van der Waals surface area contributed by atoms with Gasteiger partial charge in [-0.25, -0.2) is 0 Å². The third-order valence-electron chi connectivity index (χ3n) is 9.61. The van der Waals surface area contributed by atoms with Gasteiger partial charge in [0.15, 0.2) is 11.5 Å². The Morgan fingerprint density at radius 2 is 1.70 bits per heavy atom. The predicted molar refractivity (Wildman–Crippen MR) is 163 cm³/mol. The zero-order chi connectivity index (χ0) is 30.5. The largest absolute Gasteiger partial charge is 0.493 e. The smallest absolute Gasteiger partial charge is 0.264 e. The van der Waals surface area contributed by atoms with E-state index in [1.54, 1.807) is 28.0 Å². The van der Waals surface area contributed by atoms with Crippen LogP contribution in [0.1, 0.15) is 76.2 Å². The van der Waals surface area contributed by atoms with Crippen LogP contribution in [0.3, 0.4) is 0 Å². The van der Waals surface area contributed by atoms with Gasteiger partial charge in [0, 0.05) is 55.8 Å². The summed E-state index contributed by atoms with van der Waals surface area (Å²) in [4.78, 5) is 58.6. The predicted octanol–water partition coefficient (Wildman–Crippen LogP) is 4.19. The van der Waals surface area contributed by atoms with Gasteiger partial charge in [0.1, 0.15) is 6.17 Å². The van der Waals surface area contributed by atoms with E-state index in [-0.39, 0.29) is 29.2 Å². The van der Waals surface area contributed by atoms with Crippen molar-refractivity contribution in [2.45, 2.75) is 50.7 Å². The monoisotopic (exact) mass is 596 g/mol. The summed E-state index contributed by atoms with van der Waals surface area (Å²) in [5.41, 5.74) is 3.29. The van der Waals surface area contributed by atoms with Gasteiger partial charge in [-0.05, 0) is 49.4 Å². The minimum Gasteiger partial charge on any atom is -0.493 e. The average molecular weight is 597 g/mol. The van der Waals surface area contributed by atoms with E-state index in [0.29, 0.717) is 85.2 Å². The number of fused-ring (bicyclic) bond motifs is 9. The normalized spacial score (nSPS) is 21.4. The molecule has 44 heavy (non-hydrogen) atoms. The molecule has 1 saturated heterocycles. The lowest BCUT2D eigenvalue weighted by molar-refractivity contribution is -0.134. The van der Waals surface area contributed by atoms with Gasteiger partial charge in [-0.15, -0.1) is 0 Å². The zero-order valence-corrected chi connectivity index (χ0v) is 25.0. The average Bonchev–Trinajstić information content (AvgIpc) is 3.34. The molecule has 2 bridgehead atoms. The Morgan fingerprint density at radius 1 is 0.864 bits per heavy atom. The molecule has 0 N–H and O–H groups in total. The van der Waals surface area contributed by atoms with E-state index in [1.165, 1.54) is 14.2 Å². The third-order valence-corrected chi connectivity index (χ3v) is 9.61. The van der Waals surface area contributed by atoms with Crippen LogP contribution in [-0.4, -0.2) is 65.9 Å². The molecule has 0 spiro atoms. The van der Waals surface area contributed by atoms with Crippen LogP contribution in [0.5, 0.6) is 11.5 Å². The zero-order valence-electron chi connectivity index (χ0n) is 25.0. The summed E-state index contributed by atoms with van der Waals surface area (Å²) in [5, 5.41) is 0. The summed E-state index contributed by atoms with van der Waals surface area (Å²) in [7, 11) is 3.04. The number of amides is 3. The van der Waals surface area contributed by atoms with Crippen LogP contribution in [0.15, 0.2) is 59.4 Å². The number of carbonyl (C=O) groups is 3. The van der Waals surface area contributed by atoms with Gasteiger partial charge >= 0.3 is 0 Å². The second-order valence-electron chi connectivity index (χ2n) is 12.1. The maximum atomic E-state index is 13.8. The van der Waals surface area contributed by atoms with Crippen molar-refractivity contribution < 1.29 is 23.9 Å². The third kappa shape index (κ3) is 4.46. The SMILES string of the molecule is COc1ccc2c(c1OC)C(=O)N1c3ccccc3C(=O)N(CCCCCC(=O)N3C[C@@H]4C[C@H](C3)c3cccc(=O)n3C4)[C@H]21. The molecule has 5 heterocycles. The first-order chi connectivity index (χ1) is 21.4. The summed E-state index contributed by atoms with van der Waals surface area (Å²) in [6.45, 7) is 2.46. The number of hydrogen-bond acceptors (Lipinski definition) is 6. The van der Waals surface area contributed by atoms with Crippen LogP contribution >= 0.6 is 0 Å². The lowest BCUT2D eigenvalue weighted by Gasteiger charge is -2.42. The van der Waals surface area contributed by atoms with Gasteiger partial charge in [-0.1, -0.05) is 30.7 Å². The number of aromatic nitrogens is 1. The van der Waals surface area contributed by atoms with E-state index in [0.717, 1.165) is 18.5 Å². The number of methoxy groups -OCH3 is 2. The van der Waals surface area contributed by atoms with Crippen LogP contribution in [-0.2, 0) is 11.3 Å². The highest BCUT2D eigenvalue weighted by atomic mass is 16.5. The molecular weight excluding hydrogens is 560 g/mol. The second kappa shape index (κ2) is 11.2. The fourth-order valence-corrected chi connectivity index (χ4v) is 7.64. The summed E-state index contributed by atoms with van der Waals surface area (Å²) in [6.07, 6.45) is 3.08. The Bertz CT molecular complexity index is 1720. The van der Waals surface area contributed by atoms with E-state index in [4.69, 9.17) is 9.47 Å². The van der Waals surface area contributed by atoms with Crippen molar-refractivity contribution in [1.29, 1.82) is 0 Å². The molecule has 2 aromatic carbocycles. The molecule has 0 radical (unpaired) electrons. The van der Waals surface area contributed by atoms with E-state index in [9.17, 15) is 19.2 Å². The highest BCUT2D eigenvalue weighted by Crippen LogP contribution is 2.49. The number of hydrogen-bond donors (Lipinski definition) is 0. The Balaban J connectivity index is 1.02. The number of benzene rings is 2. The quantitative estimate of drug-likeness (QED) is 0.362. The molecule has 0 unspecified atom stereocenters. The standard InChI is InChI=1S/C34H36N4O6/c1-43-27-15-14-24-30(31(27)44-2)34(42)38-26-10-6-5-9-23(26)33(41)36(32(24)38)16-7-3-4-12-28(39)35-18-21-17-22(20-35)25-11-8-13-29(40)37(25)19-21/h5-6,8-11,13-15,21-22,32H,3-4,7,12,16-20H2,1-2H3/t21-,22+,32-/m0/s1. The number of ether oxygens (including phenoxy) is 2. The van der Waals surface area contributed by atoms with E-state index >= 15 is 0 Å². The Hall–Kier alpha value is -4.60. The summed E-state index contributed by atoms with van der Waals surface area (Å²) in [5.74, 6) is 1.14. The van der Waals surface area contributed by atoms with Gasteiger partial charge in [-0.3, -0.25) is 24.1 Å². The molecule has 0 aliphatic carbocycles. The van der Waals surface area contributed by atoms with E-state index < -0.39 is 6.17 Å². The molecular formula is C34H36N4O6. The Labute approximate surface area is 255 Å². The van der Waals surface area contributed by atoms with E-state index in [2.05, 4.69) is 0 Å². The van der Waals surface area contributed by atoms with Crippen molar-refractivity contribution in [1.82, 2.24) is 14.4 Å². The number of nitrogens with zero attached hydrogens (tertiary/aromatic N) is 4. The molecule has 3 aromatic rings. The molecule has 228 valence electrons. The van der Waals surface area contributed by atoms with Crippen LogP contribution in [0.2, 0.25) is 0 Å². The second-order valence-corrected chi connectivity index (χ2v) is 12.1. The van der Waals surface area contributed by atoms with Gasteiger partial charge in [-0.2, -0.15) is 0 Å². The van der Waals surface area contributed by atoms with Crippen molar-refractivity contribution in [3.05, 3.63) is 87.3 Å². The van der Waals surface area contributed by atoms with Crippen LogP contribution in [0.25, 0.3) is 0 Å². The number of unbranched alkanes of at least 4 members (excludes halogenated alkanes) is 2. The molecule has 10 nitrogen and oxygen atoms in total. The maximum absolute atomic E-state index is 13.8. The first-order valence-electron chi connectivity index (χ1n) is 15.4. The Kier molecular flexibility index (Phi) is 7.14. The molecule has 0 saturated carbocycles. The molecule has 3 atom stereocenters. The van der Waals surface area contributed by atoms with Gasteiger partial charge in [0.25, 0.3) is 17.4 Å². The fourth-order valence-electron chi connectivity index (χ4n) is 7.64. The van der Waals surface area contributed by atoms with Crippen molar-refractivity contribution in [2.75, 3.05) is 38.8 Å². The number of anilines is 1. The highest BCUT2D eigenvalue weighted by molar-refractivity contribution is 6.18. The van der Waals surface area contributed by atoms with Crippen LogP contribution in [0.4, 0.5) is 5.69 Å². The van der Waals surface area contributed by atoms with Gasteiger partial charge in [0.2, 0.25) is 5.91 Å². The van der Waals surface area contributed by atoms with E-state index in [1.807, 2.05) is 45.9 Å². The summed E-state index contributed by atoms with van der Waals surface area (Å²) >= 11 is 0. The van der Waals surface area contributed by atoms with Crippen molar-refractivity contribution >= 4 is 23.4 Å². The van der Waals surface area contributed by atoms with Crippen molar-refractivity contribution in [3.8, 4) is 11.5 Å². The van der Waals surface area contributed by atoms with Crippen LogP contribution in [0, 0.1) is 5.92 Å². The molecule has 1 fully saturated rings. The molecule has 1 aromatic heterocycles. The maximum Gasteiger partial charge on any atom is 0.264 e. The topological polar surface area (TPSA) is 101 Å². The Morgan fingerprint density at radius 3 is 2.52 bits per heavy atom. The fraction of sp³-hybridized carbons (Fsp3) is 0.412. The van der Waals surface area contributed by atoms with Gasteiger partial charge in [0.05, 0.1) is 31.0 Å². The number of piperidine rings is 1. The van der Waals surface area contributed by atoms with Crippen LogP contribution < -0.4 is 19.9 Å². The van der Waals surface area contributed by atoms with Crippen molar-refractivity contribution in [3.63, 3.8) is 0 Å². The first-order valence-corrected chi connectivity index (χ1v) is 15.4. The lowest BCUT2D eigenvalue weighted by atomic mass is 9.83. The van der Waals surface area contributed by atoms with Crippen molar-refractivity contribution in [2.24, 2.45) is 5.92 Å².